The van der Waals surface area contributed by atoms with E-state index in [4.69, 9.17) is 4.74 Å². The minimum atomic E-state index is -0.674. The second-order valence-corrected chi connectivity index (χ2v) is 11.3. The number of rotatable bonds is 9. The van der Waals surface area contributed by atoms with Crippen molar-refractivity contribution in [2.24, 2.45) is 0 Å². The van der Waals surface area contributed by atoms with Crippen LogP contribution in [0.1, 0.15) is 54.3 Å². The van der Waals surface area contributed by atoms with Gasteiger partial charge in [-0.15, -0.1) is 0 Å². The van der Waals surface area contributed by atoms with Crippen LogP contribution in [0.25, 0.3) is 11.1 Å². The minimum absolute atomic E-state index is 0.0686. The summed E-state index contributed by atoms with van der Waals surface area (Å²) >= 11 is 0. The summed E-state index contributed by atoms with van der Waals surface area (Å²) in [6.07, 6.45) is 4.07. The Balaban J connectivity index is 1.42. The standard InChI is InChI=1S/C32H39N5O4/c1-32(2,3)41-31(40)35-27-14-13-25(26-7-5-15-33-22-26)21-28(27)34-30(39)24-11-9-23(10-12-24)29(38)8-6-16-37-19-17-36(4)18-20-37/h5,7,9-15,21-22H,6,8,16-20H2,1-4H3,(H,34,39)(H,35,40). The number of piperazine rings is 1. The van der Waals surface area contributed by atoms with E-state index in [1.54, 1.807) is 69.6 Å². The number of Topliss-reactive ketones (excluding diaryl/α,β-unsaturated/α-hetero) is 1. The van der Waals surface area contributed by atoms with Crippen LogP contribution < -0.4 is 10.6 Å². The van der Waals surface area contributed by atoms with Crippen LogP contribution in [0.5, 0.6) is 0 Å². The van der Waals surface area contributed by atoms with Crippen LogP contribution in [0, 0.1) is 0 Å². The largest absolute Gasteiger partial charge is 0.444 e. The Bertz CT molecular complexity index is 1340. The molecule has 9 nitrogen and oxygen atoms in total. The molecular weight excluding hydrogens is 518 g/mol. The average molecular weight is 558 g/mol. The summed E-state index contributed by atoms with van der Waals surface area (Å²) < 4.78 is 5.39. The number of benzene rings is 2. The van der Waals surface area contributed by atoms with Gasteiger partial charge in [0.1, 0.15) is 5.60 Å². The predicted molar refractivity (Wildman–Crippen MR) is 161 cm³/mol. The van der Waals surface area contributed by atoms with Crippen molar-refractivity contribution in [1.29, 1.82) is 0 Å². The zero-order valence-electron chi connectivity index (χ0n) is 24.3. The van der Waals surface area contributed by atoms with Crippen LogP contribution in [-0.4, -0.2) is 77.9 Å². The lowest BCUT2D eigenvalue weighted by molar-refractivity contribution is 0.0635. The fourth-order valence-electron chi connectivity index (χ4n) is 4.56. The number of likely N-dealkylation sites (N-methyl/N-ethyl adjacent to an activating group) is 1. The lowest BCUT2D eigenvalue weighted by Gasteiger charge is -2.32. The monoisotopic (exact) mass is 557 g/mol. The Hall–Kier alpha value is -4.08. The molecule has 2 aromatic carbocycles. The zero-order valence-corrected chi connectivity index (χ0v) is 24.3. The first-order chi connectivity index (χ1) is 19.6. The fraction of sp³-hybridized carbons (Fsp3) is 0.375. The van der Waals surface area contributed by atoms with Crippen molar-refractivity contribution in [1.82, 2.24) is 14.8 Å². The van der Waals surface area contributed by atoms with Crippen LogP contribution in [0.2, 0.25) is 0 Å². The Morgan fingerprint density at radius 1 is 0.878 bits per heavy atom. The Morgan fingerprint density at radius 2 is 1.59 bits per heavy atom. The van der Waals surface area contributed by atoms with E-state index in [0.29, 0.717) is 28.9 Å². The number of hydrogen-bond donors (Lipinski definition) is 2. The van der Waals surface area contributed by atoms with E-state index in [9.17, 15) is 14.4 Å². The van der Waals surface area contributed by atoms with E-state index in [2.05, 4.69) is 32.5 Å². The number of carbonyl (C=O) groups excluding carboxylic acids is 3. The van der Waals surface area contributed by atoms with Crippen LogP contribution >= 0.6 is 0 Å². The topological polar surface area (TPSA) is 104 Å². The summed E-state index contributed by atoms with van der Waals surface area (Å²) in [7, 11) is 2.13. The van der Waals surface area contributed by atoms with Crippen molar-refractivity contribution in [3.05, 3.63) is 78.1 Å². The highest BCUT2D eigenvalue weighted by Crippen LogP contribution is 2.30. The summed E-state index contributed by atoms with van der Waals surface area (Å²) in [6.45, 7) is 10.4. The van der Waals surface area contributed by atoms with Gasteiger partial charge in [0.25, 0.3) is 5.91 Å². The number of nitrogens with zero attached hydrogens (tertiary/aromatic N) is 3. The number of nitrogens with one attached hydrogen (secondary N) is 2. The summed E-state index contributed by atoms with van der Waals surface area (Å²) in [4.78, 5) is 47.3. The molecule has 1 aliphatic rings. The summed E-state index contributed by atoms with van der Waals surface area (Å²) in [6, 6.07) is 15.8. The molecule has 0 bridgehead atoms. The second kappa shape index (κ2) is 13.5. The molecule has 0 saturated carbocycles. The molecule has 9 heteroatoms. The Labute approximate surface area is 241 Å². The number of ketones is 1. The van der Waals surface area contributed by atoms with Gasteiger partial charge in [-0.3, -0.25) is 19.9 Å². The number of ether oxygens (including phenoxy) is 1. The SMILES string of the molecule is CN1CCN(CCCC(=O)c2ccc(C(=O)Nc3cc(-c4cccnc4)ccc3NC(=O)OC(C)(C)C)cc2)CC1. The van der Waals surface area contributed by atoms with Gasteiger partial charge in [0.15, 0.2) is 5.78 Å². The molecule has 41 heavy (non-hydrogen) atoms. The first-order valence-electron chi connectivity index (χ1n) is 14.0. The Kier molecular flexibility index (Phi) is 9.86. The highest BCUT2D eigenvalue weighted by atomic mass is 16.6. The molecule has 1 fully saturated rings. The molecule has 2 heterocycles. The summed E-state index contributed by atoms with van der Waals surface area (Å²) in [5.41, 5.74) is 2.80. The van der Waals surface area contributed by atoms with Crippen LogP contribution in [0.3, 0.4) is 0 Å². The predicted octanol–water partition coefficient (Wildman–Crippen LogP) is 5.56. The van der Waals surface area contributed by atoms with E-state index >= 15 is 0 Å². The van der Waals surface area contributed by atoms with Gasteiger partial charge < -0.3 is 19.9 Å². The van der Waals surface area contributed by atoms with Gasteiger partial charge in [0.05, 0.1) is 11.4 Å². The van der Waals surface area contributed by atoms with Crippen LogP contribution in [0.4, 0.5) is 16.2 Å². The summed E-state index contributed by atoms with van der Waals surface area (Å²) in [5.74, 6) is -0.297. The van der Waals surface area contributed by atoms with Gasteiger partial charge in [0, 0.05) is 61.7 Å². The molecule has 0 spiro atoms. The molecule has 3 aromatic rings. The van der Waals surface area contributed by atoms with Gasteiger partial charge in [-0.05, 0) is 76.7 Å². The quantitative estimate of drug-likeness (QED) is 0.332. The second-order valence-electron chi connectivity index (χ2n) is 11.3. The molecule has 1 aliphatic heterocycles. The van der Waals surface area contributed by atoms with E-state index < -0.39 is 11.7 Å². The molecule has 4 rings (SSSR count). The van der Waals surface area contributed by atoms with E-state index in [0.717, 1.165) is 50.3 Å². The molecule has 0 atom stereocenters. The van der Waals surface area contributed by atoms with E-state index in [1.165, 1.54) is 0 Å². The molecule has 0 unspecified atom stereocenters. The zero-order chi connectivity index (χ0) is 29.4. The average Bonchev–Trinajstić information content (AvgIpc) is 2.94. The Morgan fingerprint density at radius 3 is 2.24 bits per heavy atom. The molecule has 0 aliphatic carbocycles. The smallest absolute Gasteiger partial charge is 0.412 e. The number of anilines is 2. The summed E-state index contributed by atoms with van der Waals surface area (Å²) in [5, 5.41) is 5.63. The molecule has 216 valence electrons. The van der Waals surface area contributed by atoms with Crippen LogP contribution in [-0.2, 0) is 4.74 Å². The highest BCUT2D eigenvalue weighted by Gasteiger charge is 2.19. The first kappa shape index (κ1) is 29.9. The highest BCUT2D eigenvalue weighted by molar-refractivity contribution is 6.08. The minimum Gasteiger partial charge on any atom is -0.444 e. The maximum Gasteiger partial charge on any atom is 0.412 e. The lowest BCUT2D eigenvalue weighted by atomic mass is 10.0. The molecule has 0 radical (unpaired) electrons. The molecule has 2 amide bonds. The van der Waals surface area contributed by atoms with E-state index in [-0.39, 0.29) is 11.7 Å². The third-order valence-electron chi connectivity index (χ3n) is 6.84. The number of aromatic nitrogens is 1. The van der Waals surface area contributed by atoms with Crippen LogP contribution in [0.15, 0.2) is 67.0 Å². The first-order valence-corrected chi connectivity index (χ1v) is 14.0. The third-order valence-corrected chi connectivity index (χ3v) is 6.84. The number of hydrogen-bond acceptors (Lipinski definition) is 7. The molecule has 2 N–H and O–H groups in total. The van der Waals surface area contributed by atoms with Crippen molar-refractivity contribution in [2.75, 3.05) is 50.4 Å². The van der Waals surface area contributed by atoms with Crippen molar-refractivity contribution in [2.45, 2.75) is 39.2 Å². The van der Waals surface area contributed by atoms with Gasteiger partial charge in [-0.25, -0.2) is 4.79 Å². The maximum absolute atomic E-state index is 13.2. The molecule has 1 saturated heterocycles. The van der Waals surface area contributed by atoms with Gasteiger partial charge in [-0.1, -0.05) is 24.3 Å². The lowest BCUT2D eigenvalue weighted by Crippen LogP contribution is -2.44. The molecule has 1 aromatic heterocycles. The van der Waals surface area contributed by atoms with Gasteiger partial charge in [0.2, 0.25) is 0 Å². The van der Waals surface area contributed by atoms with Gasteiger partial charge >= 0.3 is 6.09 Å². The van der Waals surface area contributed by atoms with Crippen molar-refractivity contribution >= 4 is 29.2 Å². The third kappa shape index (κ3) is 8.96. The van der Waals surface area contributed by atoms with Crippen molar-refractivity contribution < 1.29 is 19.1 Å². The van der Waals surface area contributed by atoms with Gasteiger partial charge in [-0.2, -0.15) is 0 Å². The van der Waals surface area contributed by atoms with Crippen molar-refractivity contribution in [3.8, 4) is 11.1 Å². The number of carbonyl (C=O) groups is 3. The fourth-order valence-corrected chi connectivity index (χ4v) is 4.56. The van der Waals surface area contributed by atoms with E-state index in [1.807, 2.05) is 18.2 Å². The molecular formula is C32H39N5O4. The van der Waals surface area contributed by atoms with Crippen molar-refractivity contribution in [3.63, 3.8) is 0 Å². The maximum atomic E-state index is 13.2. The number of pyridine rings is 1. The normalized spacial score (nSPS) is 14.3. The number of amides is 2.